The van der Waals surface area contributed by atoms with Crippen molar-refractivity contribution < 1.29 is 4.74 Å². The molecule has 2 nitrogen and oxygen atoms in total. The van der Waals surface area contributed by atoms with Gasteiger partial charge in [0.2, 0.25) is 0 Å². The predicted octanol–water partition coefficient (Wildman–Crippen LogP) is 4.67. The number of para-hydroxylation sites is 1. The summed E-state index contributed by atoms with van der Waals surface area (Å²) in [5, 5.41) is 3.66. The molecule has 1 N–H and O–H groups in total. The summed E-state index contributed by atoms with van der Waals surface area (Å²) in [6, 6.07) is 17.2. The molecule has 0 bridgehead atoms. The number of benzene rings is 2. The van der Waals surface area contributed by atoms with E-state index < -0.39 is 0 Å². The van der Waals surface area contributed by atoms with Gasteiger partial charge in [-0.15, -0.1) is 0 Å². The molecule has 21 heavy (non-hydrogen) atoms. The first-order valence-corrected chi connectivity index (χ1v) is 8.24. The highest BCUT2D eigenvalue weighted by Crippen LogP contribution is 2.33. The molecule has 3 heteroatoms. The predicted molar refractivity (Wildman–Crippen MR) is 89.9 cm³/mol. The maximum absolute atomic E-state index is 5.73. The average molecular weight is 346 g/mol. The molecule has 2 atom stereocenters. The minimum atomic E-state index is 0.345. The zero-order chi connectivity index (χ0) is 14.7. The number of fused-ring (bicyclic) bond motifs is 1. The first-order chi connectivity index (χ1) is 10.2. The van der Waals surface area contributed by atoms with Crippen molar-refractivity contribution in [2.24, 2.45) is 0 Å². The highest BCUT2D eigenvalue weighted by Gasteiger charge is 2.21. The third-order valence-electron chi connectivity index (χ3n) is 4.10. The first-order valence-electron chi connectivity index (χ1n) is 7.44. The van der Waals surface area contributed by atoms with E-state index in [0.717, 1.165) is 29.8 Å². The van der Waals surface area contributed by atoms with E-state index in [1.807, 2.05) is 6.07 Å². The van der Waals surface area contributed by atoms with E-state index in [4.69, 9.17) is 4.74 Å². The van der Waals surface area contributed by atoms with Gasteiger partial charge >= 0.3 is 0 Å². The van der Waals surface area contributed by atoms with E-state index in [1.54, 1.807) is 0 Å². The maximum Gasteiger partial charge on any atom is 0.122 e. The van der Waals surface area contributed by atoms with E-state index in [2.05, 4.69) is 70.6 Å². The van der Waals surface area contributed by atoms with Crippen molar-refractivity contribution in [1.82, 2.24) is 5.32 Å². The van der Waals surface area contributed by atoms with E-state index >= 15 is 0 Å². The van der Waals surface area contributed by atoms with Crippen molar-refractivity contribution in [3.63, 3.8) is 0 Å². The Morgan fingerprint density at radius 3 is 2.95 bits per heavy atom. The molecule has 2 unspecified atom stereocenters. The van der Waals surface area contributed by atoms with Gasteiger partial charge in [-0.25, -0.2) is 0 Å². The second-order valence-corrected chi connectivity index (χ2v) is 6.47. The van der Waals surface area contributed by atoms with Gasteiger partial charge < -0.3 is 10.1 Å². The van der Waals surface area contributed by atoms with Crippen LogP contribution < -0.4 is 10.1 Å². The van der Waals surface area contributed by atoms with Gasteiger partial charge in [0, 0.05) is 23.0 Å². The fourth-order valence-electron chi connectivity index (χ4n) is 2.84. The summed E-state index contributed by atoms with van der Waals surface area (Å²) < 4.78 is 6.86. The molecule has 1 aliphatic heterocycles. The van der Waals surface area contributed by atoms with E-state index in [0.29, 0.717) is 12.0 Å². The van der Waals surface area contributed by atoms with Gasteiger partial charge in [-0.3, -0.25) is 0 Å². The molecule has 0 amide bonds. The van der Waals surface area contributed by atoms with Crippen LogP contribution in [0.25, 0.3) is 0 Å². The quantitative estimate of drug-likeness (QED) is 0.869. The van der Waals surface area contributed by atoms with Crippen LogP contribution in [0, 0.1) is 0 Å². The largest absolute Gasteiger partial charge is 0.493 e. The van der Waals surface area contributed by atoms with E-state index in [-0.39, 0.29) is 0 Å². The van der Waals surface area contributed by atoms with Crippen LogP contribution in [-0.4, -0.2) is 13.2 Å². The molecule has 0 saturated heterocycles. The van der Waals surface area contributed by atoms with Crippen molar-refractivity contribution in [2.75, 3.05) is 13.2 Å². The standard InChI is InChI=1S/C18H20BrNO/c1-13(14-5-4-6-16(19)11-14)20-12-15-9-10-21-18-8-3-2-7-17(15)18/h2-8,11,13,15,20H,9-10,12H2,1H3. The van der Waals surface area contributed by atoms with Crippen molar-refractivity contribution in [2.45, 2.75) is 25.3 Å². The van der Waals surface area contributed by atoms with Crippen LogP contribution in [0.3, 0.4) is 0 Å². The summed E-state index contributed by atoms with van der Waals surface area (Å²) in [5.74, 6) is 1.58. The highest BCUT2D eigenvalue weighted by molar-refractivity contribution is 9.10. The summed E-state index contributed by atoms with van der Waals surface area (Å²) in [4.78, 5) is 0. The molecule has 2 aromatic rings. The fourth-order valence-corrected chi connectivity index (χ4v) is 3.26. The van der Waals surface area contributed by atoms with E-state index in [9.17, 15) is 0 Å². The Balaban J connectivity index is 1.66. The summed E-state index contributed by atoms with van der Waals surface area (Å²) in [6.07, 6.45) is 1.08. The fraction of sp³-hybridized carbons (Fsp3) is 0.333. The molecule has 0 spiro atoms. The summed E-state index contributed by atoms with van der Waals surface area (Å²) >= 11 is 3.54. The van der Waals surface area contributed by atoms with Crippen molar-refractivity contribution >= 4 is 15.9 Å². The third-order valence-corrected chi connectivity index (χ3v) is 4.60. The summed E-state index contributed by atoms with van der Waals surface area (Å²) in [7, 11) is 0. The number of halogens is 1. The Labute approximate surface area is 134 Å². The summed E-state index contributed by atoms with van der Waals surface area (Å²) in [6.45, 7) is 4.01. The molecule has 1 aliphatic rings. The molecule has 2 aromatic carbocycles. The second-order valence-electron chi connectivity index (χ2n) is 5.56. The van der Waals surface area contributed by atoms with Crippen LogP contribution in [0.1, 0.15) is 36.4 Å². The first kappa shape index (κ1) is 14.6. The van der Waals surface area contributed by atoms with E-state index in [1.165, 1.54) is 11.1 Å². The van der Waals surface area contributed by atoms with Gasteiger partial charge in [0.05, 0.1) is 6.61 Å². The van der Waals surface area contributed by atoms with Crippen molar-refractivity contribution in [1.29, 1.82) is 0 Å². The Morgan fingerprint density at radius 1 is 1.24 bits per heavy atom. The lowest BCUT2D eigenvalue weighted by Crippen LogP contribution is -2.28. The molecular formula is C18H20BrNO. The lowest BCUT2D eigenvalue weighted by atomic mass is 9.92. The van der Waals surface area contributed by atoms with Crippen molar-refractivity contribution in [3.8, 4) is 5.75 Å². The van der Waals surface area contributed by atoms with Crippen LogP contribution in [0.4, 0.5) is 0 Å². The topological polar surface area (TPSA) is 21.3 Å². The average Bonchev–Trinajstić information content (AvgIpc) is 2.52. The van der Waals surface area contributed by atoms with Crippen molar-refractivity contribution in [3.05, 3.63) is 64.1 Å². The number of ether oxygens (including phenoxy) is 1. The number of hydrogen-bond acceptors (Lipinski definition) is 2. The smallest absolute Gasteiger partial charge is 0.122 e. The molecule has 0 radical (unpaired) electrons. The van der Waals surface area contributed by atoms with Crippen LogP contribution >= 0.6 is 15.9 Å². The molecule has 0 aromatic heterocycles. The molecule has 0 fully saturated rings. The lowest BCUT2D eigenvalue weighted by molar-refractivity contribution is 0.263. The maximum atomic E-state index is 5.73. The second kappa shape index (κ2) is 6.63. The Hall–Kier alpha value is -1.32. The minimum Gasteiger partial charge on any atom is -0.493 e. The van der Waals surface area contributed by atoms with Gasteiger partial charge in [-0.1, -0.05) is 46.3 Å². The number of rotatable bonds is 4. The van der Waals surface area contributed by atoms with Crippen LogP contribution in [0.5, 0.6) is 5.75 Å². The number of hydrogen-bond donors (Lipinski definition) is 1. The molecular weight excluding hydrogens is 326 g/mol. The van der Waals surface area contributed by atoms with Crippen LogP contribution in [-0.2, 0) is 0 Å². The van der Waals surface area contributed by atoms with Crippen LogP contribution in [0.2, 0.25) is 0 Å². The van der Waals surface area contributed by atoms with Gasteiger partial charge in [-0.05, 0) is 42.7 Å². The third kappa shape index (κ3) is 3.47. The van der Waals surface area contributed by atoms with Gasteiger partial charge in [0.15, 0.2) is 0 Å². The Bertz CT molecular complexity index is 614. The zero-order valence-electron chi connectivity index (χ0n) is 12.2. The normalized spacial score (nSPS) is 18.7. The summed E-state index contributed by atoms with van der Waals surface area (Å²) in [5.41, 5.74) is 2.64. The monoisotopic (exact) mass is 345 g/mol. The SMILES string of the molecule is CC(NCC1CCOc2ccccc21)c1cccc(Br)c1. The van der Waals surface area contributed by atoms with Crippen LogP contribution in [0.15, 0.2) is 53.0 Å². The molecule has 3 rings (SSSR count). The molecule has 0 saturated carbocycles. The highest BCUT2D eigenvalue weighted by atomic mass is 79.9. The van der Waals surface area contributed by atoms with Gasteiger partial charge in [0.1, 0.15) is 5.75 Å². The molecule has 0 aliphatic carbocycles. The Kier molecular flexibility index (Phi) is 4.61. The van der Waals surface area contributed by atoms with Gasteiger partial charge in [0.25, 0.3) is 0 Å². The minimum absolute atomic E-state index is 0.345. The zero-order valence-corrected chi connectivity index (χ0v) is 13.8. The Morgan fingerprint density at radius 2 is 2.10 bits per heavy atom. The van der Waals surface area contributed by atoms with Gasteiger partial charge in [-0.2, -0.15) is 0 Å². The molecule has 110 valence electrons. The number of nitrogens with one attached hydrogen (secondary N) is 1. The lowest BCUT2D eigenvalue weighted by Gasteiger charge is -2.27. The molecule has 1 heterocycles.